The zero-order chi connectivity index (χ0) is 14.8. The molecule has 3 aromatic rings. The Morgan fingerprint density at radius 2 is 2.33 bits per heavy atom. The summed E-state index contributed by atoms with van der Waals surface area (Å²) in [7, 11) is 0. The Balaban J connectivity index is 1.70. The fourth-order valence-electron chi connectivity index (χ4n) is 1.87. The van der Waals surface area contributed by atoms with Crippen LogP contribution in [0.25, 0.3) is 11.0 Å². The number of H-pyrrole nitrogens is 1. The molecule has 0 aliphatic heterocycles. The maximum atomic E-state index is 12.1. The number of aromatic amines is 1. The maximum Gasteiger partial charge on any atom is 0.239 e. The van der Waals surface area contributed by atoms with E-state index in [0.717, 1.165) is 16.2 Å². The van der Waals surface area contributed by atoms with E-state index in [2.05, 4.69) is 20.3 Å². The lowest BCUT2D eigenvalue weighted by atomic mass is 10.2. The number of hydrogen-bond donors (Lipinski definition) is 2. The maximum absolute atomic E-state index is 12.1. The Hall–Kier alpha value is -1.86. The van der Waals surface area contributed by atoms with E-state index in [9.17, 15) is 4.79 Å². The van der Waals surface area contributed by atoms with Crippen LogP contribution in [0, 0.1) is 6.92 Å². The number of nitrogens with one attached hydrogen (secondary N) is 2. The quantitative estimate of drug-likeness (QED) is 0.723. The van der Waals surface area contributed by atoms with Crippen LogP contribution in [0.3, 0.4) is 0 Å². The van der Waals surface area contributed by atoms with Crippen molar-refractivity contribution in [2.24, 2.45) is 0 Å². The van der Waals surface area contributed by atoms with E-state index in [-0.39, 0.29) is 11.2 Å². The number of thioether (sulfide) groups is 1. The predicted molar refractivity (Wildman–Crippen MR) is 86.9 cm³/mol. The molecular weight excluding hydrogens is 304 g/mol. The molecule has 2 aromatic heterocycles. The van der Waals surface area contributed by atoms with Crippen LogP contribution in [0.15, 0.2) is 34.9 Å². The summed E-state index contributed by atoms with van der Waals surface area (Å²) in [5.41, 5.74) is 3.08. The van der Waals surface area contributed by atoms with Gasteiger partial charge in [0, 0.05) is 11.6 Å². The van der Waals surface area contributed by atoms with Crippen molar-refractivity contribution in [1.29, 1.82) is 0 Å². The molecule has 2 N–H and O–H groups in total. The van der Waals surface area contributed by atoms with Gasteiger partial charge in [0.25, 0.3) is 0 Å². The first-order valence-electron chi connectivity index (χ1n) is 6.45. The second-order valence-electron chi connectivity index (χ2n) is 4.65. The normalized spacial score (nSPS) is 12.5. The SMILES string of the molecule is Cc1ccc2nc(SC(C)C(=O)Nc3nccs3)[nH]c2c1. The number of fused-ring (bicyclic) bond motifs is 1. The zero-order valence-corrected chi connectivity index (χ0v) is 13.2. The molecule has 0 aliphatic carbocycles. The molecule has 21 heavy (non-hydrogen) atoms. The van der Waals surface area contributed by atoms with Crippen LogP contribution < -0.4 is 5.32 Å². The average molecular weight is 318 g/mol. The summed E-state index contributed by atoms with van der Waals surface area (Å²) < 4.78 is 0. The highest BCUT2D eigenvalue weighted by Gasteiger charge is 2.17. The van der Waals surface area contributed by atoms with Gasteiger partial charge < -0.3 is 10.3 Å². The first kappa shape index (κ1) is 14.1. The molecule has 5 nitrogen and oxygen atoms in total. The largest absolute Gasteiger partial charge is 0.333 e. The smallest absolute Gasteiger partial charge is 0.239 e. The van der Waals surface area contributed by atoms with Gasteiger partial charge in [-0.2, -0.15) is 0 Å². The van der Waals surface area contributed by atoms with Crippen molar-refractivity contribution in [2.45, 2.75) is 24.3 Å². The fraction of sp³-hybridized carbons (Fsp3) is 0.214. The number of aryl methyl sites for hydroxylation is 1. The van der Waals surface area contributed by atoms with Crippen molar-refractivity contribution < 1.29 is 4.79 Å². The average Bonchev–Trinajstić information content (AvgIpc) is 3.07. The van der Waals surface area contributed by atoms with Crippen LogP contribution in [0.4, 0.5) is 5.13 Å². The van der Waals surface area contributed by atoms with Gasteiger partial charge in [-0.3, -0.25) is 4.79 Å². The fourth-order valence-corrected chi connectivity index (χ4v) is 3.22. The number of carbonyl (C=O) groups is 1. The summed E-state index contributed by atoms with van der Waals surface area (Å²) >= 11 is 2.81. The number of imidazole rings is 1. The molecule has 108 valence electrons. The molecule has 0 fully saturated rings. The number of aromatic nitrogens is 3. The van der Waals surface area contributed by atoms with Gasteiger partial charge in [0.1, 0.15) is 0 Å². The number of rotatable bonds is 4. The van der Waals surface area contributed by atoms with Crippen LogP contribution in [0.1, 0.15) is 12.5 Å². The highest BCUT2D eigenvalue weighted by Crippen LogP contribution is 2.25. The first-order chi connectivity index (χ1) is 10.1. The molecule has 3 rings (SSSR count). The molecular formula is C14H14N4OS2. The summed E-state index contributed by atoms with van der Waals surface area (Å²) in [6, 6.07) is 6.05. The third kappa shape index (κ3) is 3.25. The van der Waals surface area contributed by atoms with E-state index in [1.54, 1.807) is 6.20 Å². The van der Waals surface area contributed by atoms with Crippen LogP contribution >= 0.6 is 23.1 Å². The van der Waals surface area contributed by atoms with Gasteiger partial charge in [-0.1, -0.05) is 17.8 Å². The van der Waals surface area contributed by atoms with E-state index < -0.39 is 0 Å². The molecule has 0 spiro atoms. The molecule has 7 heteroatoms. The summed E-state index contributed by atoms with van der Waals surface area (Å²) in [5, 5.41) is 5.73. The predicted octanol–water partition coefficient (Wildman–Crippen LogP) is 3.45. The monoisotopic (exact) mass is 318 g/mol. The summed E-state index contributed by atoms with van der Waals surface area (Å²) in [5.74, 6) is -0.0772. The zero-order valence-electron chi connectivity index (χ0n) is 11.6. The van der Waals surface area contributed by atoms with Gasteiger partial charge in [-0.05, 0) is 31.5 Å². The van der Waals surface area contributed by atoms with Crippen molar-refractivity contribution in [1.82, 2.24) is 15.0 Å². The number of amides is 1. The third-order valence-electron chi connectivity index (χ3n) is 2.94. The van der Waals surface area contributed by atoms with Gasteiger partial charge >= 0.3 is 0 Å². The standard InChI is InChI=1S/C14H14N4OS2/c1-8-3-4-10-11(7-8)17-14(16-10)21-9(2)12(19)18-13-15-5-6-20-13/h3-7,9H,1-2H3,(H,16,17)(H,15,18,19). The summed E-state index contributed by atoms with van der Waals surface area (Å²) in [6.45, 7) is 3.89. The minimum Gasteiger partial charge on any atom is -0.333 e. The van der Waals surface area contributed by atoms with Crippen molar-refractivity contribution in [2.75, 3.05) is 5.32 Å². The van der Waals surface area contributed by atoms with Gasteiger partial charge in [-0.25, -0.2) is 9.97 Å². The van der Waals surface area contributed by atoms with E-state index in [1.807, 2.05) is 37.4 Å². The van der Waals surface area contributed by atoms with Crippen molar-refractivity contribution >= 4 is 45.2 Å². The molecule has 0 saturated heterocycles. The Labute approximate surface area is 130 Å². The third-order valence-corrected chi connectivity index (χ3v) is 4.61. The summed E-state index contributed by atoms with van der Waals surface area (Å²) in [4.78, 5) is 23.8. The molecule has 0 aliphatic rings. The Morgan fingerprint density at radius 3 is 3.10 bits per heavy atom. The number of anilines is 1. The van der Waals surface area contributed by atoms with E-state index in [4.69, 9.17) is 0 Å². The van der Waals surface area contributed by atoms with E-state index in [0.29, 0.717) is 5.13 Å². The van der Waals surface area contributed by atoms with Crippen LogP contribution in [0.2, 0.25) is 0 Å². The molecule has 2 heterocycles. The second kappa shape index (κ2) is 5.87. The topological polar surface area (TPSA) is 70.7 Å². The van der Waals surface area contributed by atoms with Gasteiger partial charge in [-0.15, -0.1) is 11.3 Å². The molecule has 1 unspecified atom stereocenters. The molecule has 1 amide bonds. The molecule has 0 radical (unpaired) electrons. The minimum absolute atomic E-state index is 0.0772. The van der Waals surface area contributed by atoms with Crippen LogP contribution in [0.5, 0.6) is 0 Å². The molecule has 0 saturated carbocycles. The number of carbonyl (C=O) groups excluding carboxylic acids is 1. The van der Waals surface area contributed by atoms with Gasteiger partial charge in [0.2, 0.25) is 5.91 Å². The Morgan fingerprint density at radius 1 is 1.48 bits per heavy atom. The van der Waals surface area contributed by atoms with Crippen LogP contribution in [-0.4, -0.2) is 26.1 Å². The minimum atomic E-state index is -0.254. The van der Waals surface area contributed by atoms with Crippen LogP contribution in [-0.2, 0) is 4.79 Å². The Kier molecular flexibility index (Phi) is 3.94. The van der Waals surface area contributed by atoms with Crippen molar-refractivity contribution in [3.8, 4) is 0 Å². The van der Waals surface area contributed by atoms with Gasteiger partial charge in [0.15, 0.2) is 10.3 Å². The number of nitrogens with zero attached hydrogens (tertiary/aromatic N) is 2. The molecule has 1 aromatic carbocycles. The van der Waals surface area contributed by atoms with E-state index in [1.165, 1.54) is 28.7 Å². The number of thiazole rings is 1. The number of hydrogen-bond acceptors (Lipinski definition) is 5. The lowest BCUT2D eigenvalue weighted by Crippen LogP contribution is -2.22. The molecule has 0 bridgehead atoms. The highest BCUT2D eigenvalue weighted by molar-refractivity contribution is 8.00. The van der Waals surface area contributed by atoms with Crippen molar-refractivity contribution in [3.63, 3.8) is 0 Å². The van der Waals surface area contributed by atoms with Crippen molar-refractivity contribution in [3.05, 3.63) is 35.3 Å². The van der Waals surface area contributed by atoms with E-state index >= 15 is 0 Å². The molecule has 1 atom stereocenters. The Bertz CT molecular complexity index is 766. The lowest BCUT2D eigenvalue weighted by molar-refractivity contribution is -0.115. The summed E-state index contributed by atoms with van der Waals surface area (Å²) in [6.07, 6.45) is 1.67. The second-order valence-corrected chi connectivity index (χ2v) is 6.87. The lowest BCUT2D eigenvalue weighted by Gasteiger charge is -2.08. The first-order valence-corrected chi connectivity index (χ1v) is 8.21. The highest BCUT2D eigenvalue weighted by atomic mass is 32.2. The van der Waals surface area contributed by atoms with Gasteiger partial charge in [0.05, 0.1) is 16.3 Å². The number of benzene rings is 1.